The summed E-state index contributed by atoms with van der Waals surface area (Å²) >= 11 is 0. The molecule has 20 heavy (non-hydrogen) atoms. The Balaban J connectivity index is 2.68. The Labute approximate surface area is 122 Å². The number of amides is 2. The highest BCUT2D eigenvalue weighted by Crippen LogP contribution is 2.44. The molecule has 0 spiro atoms. The number of rotatable bonds is 4. The van der Waals surface area contributed by atoms with E-state index >= 15 is 0 Å². The summed E-state index contributed by atoms with van der Waals surface area (Å²) in [6, 6.07) is 0.172. The largest absolute Gasteiger partial charge is 0.359 e. The molecule has 0 aromatic carbocycles. The van der Waals surface area contributed by atoms with Gasteiger partial charge in [-0.2, -0.15) is 0 Å². The lowest BCUT2D eigenvalue weighted by Gasteiger charge is -2.47. The molecule has 3 N–H and O–H groups in total. The van der Waals surface area contributed by atoms with Gasteiger partial charge in [0, 0.05) is 39.0 Å². The Hall–Kier alpha value is -1.10. The van der Waals surface area contributed by atoms with Crippen LogP contribution in [0.1, 0.15) is 40.0 Å². The molecule has 0 bridgehead atoms. The van der Waals surface area contributed by atoms with E-state index in [1.807, 2.05) is 0 Å². The van der Waals surface area contributed by atoms with Gasteiger partial charge in [0.15, 0.2) is 0 Å². The summed E-state index contributed by atoms with van der Waals surface area (Å²) in [6.45, 7) is 6.86. The first-order chi connectivity index (χ1) is 9.21. The molecule has 3 unspecified atom stereocenters. The van der Waals surface area contributed by atoms with E-state index in [9.17, 15) is 9.59 Å². The Morgan fingerprint density at radius 2 is 1.95 bits per heavy atom. The van der Waals surface area contributed by atoms with E-state index in [-0.39, 0.29) is 29.2 Å². The van der Waals surface area contributed by atoms with E-state index in [0.29, 0.717) is 18.9 Å². The van der Waals surface area contributed by atoms with Crippen LogP contribution in [0.15, 0.2) is 0 Å². The predicted octanol–water partition coefficient (Wildman–Crippen LogP) is 0.981. The van der Waals surface area contributed by atoms with Gasteiger partial charge in [0.05, 0.1) is 0 Å². The fraction of sp³-hybridized carbons (Fsp3) is 0.867. The highest BCUT2D eigenvalue weighted by Gasteiger charge is 2.45. The van der Waals surface area contributed by atoms with Gasteiger partial charge >= 0.3 is 0 Å². The van der Waals surface area contributed by atoms with Crippen LogP contribution in [0.25, 0.3) is 0 Å². The van der Waals surface area contributed by atoms with Gasteiger partial charge in [0.1, 0.15) is 0 Å². The highest BCUT2D eigenvalue weighted by molar-refractivity contribution is 5.81. The molecule has 0 radical (unpaired) electrons. The number of nitrogens with one attached hydrogen (secondary N) is 1. The van der Waals surface area contributed by atoms with Crippen LogP contribution in [0.4, 0.5) is 0 Å². The van der Waals surface area contributed by atoms with Crippen LogP contribution >= 0.6 is 0 Å². The standard InChI is InChI=1S/C15H29N3O2/c1-10-12(16)7-6-11(15(10,2)3)14(20)18(5)9-8-13(19)17-4/h10-12H,6-9,16H2,1-5H3,(H,17,19). The molecule has 0 aromatic rings. The van der Waals surface area contributed by atoms with Crippen LogP contribution in [0.3, 0.4) is 0 Å². The average molecular weight is 283 g/mol. The van der Waals surface area contributed by atoms with E-state index < -0.39 is 0 Å². The molecule has 2 amide bonds. The Bertz CT molecular complexity index is 368. The van der Waals surface area contributed by atoms with E-state index in [2.05, 4.69) is 26.1 Å². The molecular formula is C15H29N3O2. The van der Waals surface area contributed by atoms with E-state index in [1.54, 1.807) is 19.0 Å². The smallest absolute Gasteiger partial charge is 0.225 e. The molecule has 0 saturated heterocycles. The zero-order valence-corrected chi connectivity index (χ0v) is 13.4. The zero-order chi connectivity index (χ0) is 15.5. The molecule has 1 rings (SSSR count). The first-order valence-electron chi connectivity index (χ1n) is 7.43. The van der Waals surface area contributed by atoms with E-state index in [1.165, 1.54) is 0 Å². The third kappa shape index (κ3) is 3.51. The minimum Gasteiger partial charge on any atom is -0.359 e. The van der Waals surface area contributed by atoms with Gasteiger partial charge in [-0.1, -0.05) is 20.8 Å². The molecule has 3 atom stereocenters. The van der Waals surface area contributed by atoms with Crippen LogP contribution in [-0.4, -0.2) is 43.4 Å². The van der Waals surface area contributed by atoms with Gasteiger partial charge in [-0.25, -0.2) is 0 Å². The maximum Gasteiger partial charge on any atom is 0.225 e. The lowest BCUT2D eigenvalue weighted by molar-refractivity contribution is -0.142. The van der Waals surface area contributed by atoms with Crippen molar-refractivity contribution in [2.75, 3.05) is 20.6 Å². The molecule has 5 nitrogen and oxygen atoms in total. The van der Waals surface area contributed by atoms with Gasteiger partial charge in [-0.05, 0) is 24.2 Å². The maximum absolute atomic E-state index is 12.6. The van der Waals surface area contributed by atoms with Gasteiger partial charge < -0.3 is 16.0 Å². The predicted molar refractivity (Wildman–Crippen MR) is 80.0 cm³/mol. The highest BCUT2D eigenvalue weighted by atomic mass is 16.2. The summed E-state index contributed by atoms with van der Waals surface area (Å²) in [4.78, 5) is 25.6. The van der Waals surface area contributed by atoms with Crippen molar-refractivity contribution in [3.05, 3.63) is 0 Å². The van der Waals surface area contributed by atoms with Gasteiger partial charge in [-0.3, -0.25) is 9.59 Å². The molecule has 0 aromatic heterocycles. The van der Waals surface area contributed by atoms with Crippen molar-refractivity contribution in [2.24, 2.45) is 23.0 Å². The van der Waals surface area contributed by atoms with Crippen LogP contribution in [0, 0.1) is 17.3 Å². The third-order valence-corrected chi connectivity index (χ3v) is 5.13. The Morgan fingerprint density at radius 3 is 2.50 bits per heavy atom. The van der Waals surface area contributed by atoms with E-state index in [0.717, 1.165) is 12.8 Å². The lowest BCUT2D eigenvalue weighted by atomic mass is 9.61. The first-order valence-corrected chi connectivity index (χ1v) is 7.43. The van der Waals surface area contributed by atoms with Crippen molar-refractivity contribution in [2.45, 2.75) is 46.1 Å². The minimum absolute atomic E-state index is 0.00742. The van der Waals surface area contributed by atoms with Gasteiger partial charge in [0.25, 0.3) is 0 Å². The number of carbonyl (C=O) groups excluding carboxylic acids is 2. The number of nitrogens with zero attached hydrogens (tertiary/aromatic N) is 1. The van der Waals surface area contributed by atoms with Crippen LogP contribution < -0.4 is 11.1 Å². The fourth-order valence-electron chi connectivity index (χ4n) is 3.06. The van der Waals surface area contributed by atoms with Crippen molar-refractivity contribution < 1.29 is 9.59 Å². The topological polar surface area (TPSA) is 75.4 Å². The van der Waals surface area contributed by atoms with Crippen LogP contribution in [0.5, 0.6) is 0 Å². The molecule has 1 aliphatic rings. The van der Waals surface area contributed by atoms with Crippen molar-refractivity contribution in [3.8, 4) is 0 Å². The summed E-state index contributed by atoms with van der Waals surface area (Å²) in [5.74, 6) is 0.408. The Kier molecular flexibility index (Phi) is 5.57. The van der Waals surface area contributed by atoms with E-state index in [4.69, 9.17) is 5.73 Å². The summed E-state index contributed by atoms with van der Waals surface area (Å²) < 4.78 is 0. The second-order valence-corrected chi connectivity index (χ2v) is 6.59. The second-order valence-electron chi connectivity index (χ2n) is 6.59. The molecule has 1 saturated carbocycles. The normalized spacial score (nSPS) is 28.8. The quantitative estimate of drug-likeness (QED) is 0.807. The van der Waals surface area contributed by atoms with Crippen molar-refractivity contribution in [1.29, 1.82) is 0 Å². The summed E-state index contributed by atoms with van der Waals surface area (Å²) in [6.07, 6.45) is 2.08. The molecule has 0 heterocycles. The monoisotopic (exact) mass is 283 g/mol. The fourth-order valence-corrected chi connectivity index (χ4v) is 3.06. The average Bonchev–Trinajstić information content (AvgIpc) is 2.41. The van der Waals surface area contributed by atoms with Crippen molar-refractivity contribution in [3.63, 3.8) is 0 Å². The lowest BCUT2D eigenvalue weighted by Crippen LogP contribution is -2.52. The molecular weight excluding hydrogens is 254 g/mol. The minimum atomic E-state index is -0.101. The van der Waals surface area contributed by atoms with Gasteiger partial charge in [0.2, 0.25) is 11.8 Å². The van der Waals surface area contributed by atoms with Crippen LogP contribution in [-0.2, 0) is 9.59 Å². The summed E-state index contributed by atoms with van der Waals surface area (Å²) in [5.41, 5.74) is 6.03. The molecule has 116 valence electrons. The summed E-state index contributed by atoms with van der Waals surface area (Å²) in [5, 5.41) is 2.57. The number of hydrogen-bond acceptors (Lipinski definition) is 3. The number of carbonyl (C=O) groups is 2. The van der Waals surface area contributed by atoms with Crippen LogP contribution in [0.2, 0.25) is 0 Å². The molecule has 1 aliphatic carbocycles. The number of hydrogen-bond donors (Lipinski definition) is 2. The second kappa shape index (κ2) is 6.57. The van der Waals surface area contributed by atoms with Crippen molar-refractivity contribution >= 4 is 11.8 Å². The molecule has 1 fully saturated rings. The zero-order valence-electron chi connectivity index (χ0n) is 13.4. The maximum atomic E-state index is 12.6. The van der Waals surface area contributed by atoms with Crippen molar-refractivity contribution in [1.82, 2.24) is 10.2 Å². The molecule has 0 aliphatic heterocycles. The molecule has 5 heteroatoms. The summed E-state index contributed by atoms with van der Waals surface area (Å²) in [7, 11) is 3.39. The van der Waals surface area contributed by atoms with Gasteiger partial charge in [-0.15, -0.1) is 0 Å². The third-order valence-electron chi connectivity index (χ3n) is 5.13. The first kappa shape index (κ1) is 17.0. The number of nitrogens with two attached hydrogens (primary N) is 1. The Morgan fingerprint density at radius 1 is 1.35 bits per heavy atom. The SMILES string of the molecule is CNC(=O)CCN(C)C(=O)C1CCC(N)C(C)C1(C)C.